The minimum Gasteiger partial charge on any atom is -0.339 e. The number of nitrogens with one attached hydrogen (secondary N) is 1. The number of rotatable bonds is 4. The van der Waals surface area contributed by atoms with Crippen molar-refractivity contribution in [2.75, 3.05) is 26.2 Å². The van der Waals surface area contributed by atoms with Crippen molar-refractivity contribution in [3.05, 3.63) is 11.7 Å². The van der Waals surface area contributed by atoms with Gasteiger partial charge in [0.05, 0.1) is 6.04 Å². The summed E-state index contributed by atoms with van der Waals surface area (Å²) >= 11 is 0. The maximum Gasteiger partial charge on any atom is 0.226 e. The molecule has 1 aliphatic rings. The lowest BCUT2D eigenvalue weighted by Crippen LogP contribution is -2.44. The number of hydrogen-bond acceptors (Lipinski definition) is 5. The van der Waals surface area contributed by atoms with Crippen molar-refractivity contribution >= 4 is 0 Å². The summed E-state index contributed by atoms with van der Waals surface area (Å²) < 4.78 is 5.44. The Bertz CT molecular complexity index is 418. The molecule has 0 amide bonds. The normalized spacial score (nSPS) is 20.9. The lowest BCUT2D eigenvalue weighted by Gasteiger charge is -2.30. The highest BCUT2D eigenvalue weighted by Gasteiger charge is 2.25. The molecule has 2 heterocycles. The van der Waals surface area contributed by atoms with E-state index in [0.29, 0.717) is 5.92 Å². The molecule has 0 radical (unpaired) electrons. The molecule has 114 valence electrons. The first-order valence-corrected chi connectivity index (χ1v) is 7.65. The third-order valence-electron chi connectivity index (χ3n) is 4.52. The lowest BCUT2D eigenvalue weighted by molar-refractivity contribution is 0.176. The van der Waals surface area contributed by atoms with Crippen molar-refractivity contribution in [2.24, 2.45) is 11.3 Å². The third-order valence-corrected chi connectivity index (χ3v) is 4.52. The number of piperazine rings is 1. The Hall–Kier alpha value is -0.940. The van der Waals surface area contributed by atoms with Crippen LogP contribution in [0.15, 0.2) is 4.52 Å². The van der Waals surface area contributed by atoms with Gasteiger partial charge in [0.1, 0.15) is 0 Å². The summed E-state index contributed by atoms with van der Waals surface area (Å²) in [7, 11) is 0. The van der Waals surface area contributed by atoms with Crippen LogP contribution in [0.1, 0.15) is 52.4 Å². The van der Waals surface area contributed by atoms with E-state index in [-0.39, 0.29) is 11.5 Å². The predicted molar refractivity (Wildman–Crippen MR) is 79.5 cm³/mol. The SMILES string of the molecule is CC(c1noc(CC(C)C(C)(C)C)n1)N1CCNCC1. The molecule has 20 heavy (non-hydrogen) atoms. The van der Waals surface area contributed by atoms with Crippen LogP contribution in [0.4, 0.5) is 0 Å². The van der Waals surface area contributed by atoms with Gasteiger partial charge >= 0.3 is 0 Å². The second-order valence-corrected chi connectivity index (χ2v) is 6.98. The Labute approximate surface area is 122 Å². The number of nitrogens with zero attached hydrogens (tertiary/aromatic N) is 3. The standard InChI is InChI=1S/C15H28N4O/c1-11(15(3,4)5)10-13-17-14(18-20-13)12(2)19-8-6-16-7-9-19/h11-12,16H,6-10H2,1-5H3. The molecule has 0 aromatic carbocycles. The van der Waals surface area contributed by atoms with Gasteiger partial charge in [0, 0.05) is 32.6 Å². The van der Waals surface area contributed by atoms with Crippen molar-refractivity contribution in [2.45, 2.75) is 47.1 Å². The predicted octanol–water partition coefficient (Wildman–Crippen LogP) is 2.26. The molecule has 0 spiro atoms. The molecule has 1 aromatic heterocycles. The summed E-state index contributed by atoms with van der Waals surface area (Å²) in [6, 6.07) is 0.236. The highest BCUT2D eigenvalue weighted by molar-refractivity contribution is 4.95. The molecule has 1 saturated heterocycles. The largest absolute Gasteiger partial charge is 0.339 e. The molecular formula is C15H28N4O. The van der Waals surface area contributed by atoms with Crippen molar-refractivity contribution in [1.82, 2.24) is 20.4 Å². The van der Waals surface area contributed by atoms with Gasteiger partial charge in [-0.3, -0.25) is 4.90 Å². The molecule has 2 unspecified atom stereocenters. The molecule has 0 aliphatic carbocycles. The molecule has 2 atom stereocenters. The first kappa shape index (κ1) is 15.4. The van der Waals surface area contributed by atoms with Crippen molar-refractivity contribution in [1.29, 1.82) is 0 Å². The van der Waals surface area contributed by atoms with E-state index in [1.165, 1.54) is 0 Å². The second kappa shape index (κ2) is 6.22. The number of hydrogen-bond donors (Lipinski definition) is 1. The van der Waals surface area contributed by atoms with Gasteiger partial charge in [-0.25, -0.2) is 0 Å². The van der Waals surface area contributed by atoms with Crippen LogP contribution in [-0.4, -0.2) is 41.2 Å². The van der Waals surface area contributed by atoms with E-state index < -0.39 is 0 Å². The van der Waals surface area contributed by atoms with Crippen LogP contribution in [0.25, 0.3) is 0 Å². The Balaban J connectivity index is 1.97. The summed E-state index contributed by atoms with van der Waals surface area (Å²) in [5.41, 5.74) is 0.263. The summed E-state index contributed by atoms with van der Waals surface area (Å²) in [5, 5.41) is 7.54. The molecule has 1 aliphatic heterocycles. The Morgan fingerprint density at radius 3 is 2.50 bits per heavy atom. The van der Waals surface area contributed by atoms with Gasteiger partial charge in [-0.15, -0.1) is 0 Å². The van der Waals surface area contributed by atoms with Gasteiger partial charge < -0.3 is 9.84 Å². The minimum absolute atomic E-state index is 0.236. The monoisotopic (exact) mass is 280 g/mol. The van der Waals surface area contributed by atoms with Gasteiger partial charge in [-0.1, -0.05) is 32.9 Å². The summed E-state index contributed by atoms with van der Waals surface area (Å²) in [6.07, 6.45) is 0.852. The Kier molecular flexibility index (Phi) is 4.81. The van der Waals surface area contributed by atoms with E-state index in [2.05, 4.69) is 55.0 Å². The van der Waals surface area contributed by atoms with Crippen LogP contribution < -0.4 is 5.32 Å². The van der Waals surface area contributed by atoms with Crippen LogP contribution in [0.3, 0.4) is 0 Å². The van der Waals surface area contributed by atoms with Crippen LogP contribution >= 0.6 is 0 Å². The maximum absolute atomic E-state index is 5.44. The van der Waals surface area contributed by atoms with Crippen molar-refractivity contribution in [3.8, 4) is 0 Å². The van der Waals surface area contributed by atoms with E-state index in [1.54, 1.807) is 0 Å². The maximum atomic E-state index is 5.44. The fourth-order valence-electron chi connectivity index (χ4n) is 2.32. The highest BCUT2D eigenvalue weighted by atomic mass is 16.5. The molecule has 1 aromatic rings. The zero-order valence-electron chi connectivity index (χ0n) is 13.4. The fraction of sp³-hybridized carbons (Fsp3) is 0.867. The summed E-state index contributed by atoms with van der Waals surface area (Å²) in [5.74, 6) is 2.11. The van der Waals surface area contributed by atoms with Gasteiger partial charge in [-0.05, 0) is 18.3 Å². The first-order valence-electron chi connectivity index (χ1n) is 7.65. The quantitative estimate of drug-likeness (QED) is 0.917. The van der Waals surface area contributed by atoms with E-state index >= 15 is 0 Å². The van der Waals surface area contributed by atoms with E-state index in [1.807, 2.05) is 0 Å². The fourth-order valence-corrected chi connectivity index (χ4v) is 2.32. The van der Waals surface area contributed by atoms with Gasteiger partial charge in [0.15, 0.2) is 5.82 Å². The molecule has 0 bridgehead atoms. The molecule has 5 heteroatoms. The average molecular weight is 280 g/mol. The third kappa shape index (κ3) is 3.79. The van der Waals surface area contributed by atoms with E-state index in [0.717, 1.165) is 44.3 Å². The zero-order chi connectivity index (χ0) is 14.8. The molecular weight excluding hydrogens is 252 g/mol. The smallest absolute Gasteiger partial charge is 0.226 e. The first-order chi connectivity index (χ1) is 9.38. The van der Waals surface area contributed by atoms with Crippen LogP contribution in [0, 0.1) is 11.3 Å². The van der Waals surface area contributed by atoms with E-state index in [4.69, 9.17) is 4.52 Å². The van der Waals surface area contributed by atoms with Crippen LogP contribution in [-0.2, 0) is 6.42 Å². The lowest BCUT2D eigenvalue weighted by atomic mass is 9.80. The molecule has 2 rings (SSSR count). The molecule has 1 fully saturated rings. The minimum atomic E-state index is 0.236. The van der Waals surface area contributed by atoms with E-state index in [9.17, 15) is 0 Å². The van der Waals surface area contributed by atoms with Gasteiger partial charge in [-0.2, -0.15) is 4.98 Å². The summed E-state index contributed by atoms with van der Waals surface area (Å²) in [6.45, 7) is 15.3. The summed E-state index contributed by atoms with van der Waals surface area (Å²) in [4.78, 5) is 7.00. The molecule has 1 N–H and O–H groups in total. The highest BCUT2D eigenvalue weighted by Crippen LogP contribution is 2.28. The number of aromatic nitrogens is 2. The van der Waals surface area contributed by atoms with Gasteiger partial charge in [0.2, 0.25) is 5.89 Å². The van der Waals surface area contributed by atoms with Crippen molar-refractivity contribution < 1.29 is 4.52 Å². The second-order valence-electron chi connectivity index (χ2n) is 6.98. The molecule has 5 nitrogen and oxygen atoms in total. The Morgan fingerprint density at radius 2 is 1.90 bits per heavy atom. The van der Waals surface area contributed by atoms with Crippen LogP contribution in [0.5, 0.6) is 0 Å². The van der Waals surface area contributed by atoms with Gasteiger partial charge in [0.25, 0.3) is 0 Å². The Morgan fingerprint density at radius 1 is 1.25 bits per heavy atom. The zero-order valence-corrected chi connectivity index (χ0v) is 13.4. The average Bonchev–Trinajstić information content (AvgIpc) is 2.86. The van der Waals surface area contributed by atoms with Crippen molar-refractivity contribution in [3.63, 3.8) is 0 Å². The topological polar surface area (TPSA) is 54.2 Å². The van der Waals surface area contributed by atoms with Crippen LogP contribution in [0.2, 0.25) is 0 Å². The molecule has 0 saturated carbocycles.